The summed E-state index contributed by atoms with van der Waals surface area (Å²) in [6, 6.07) is 2.99. The lowest BCUT2D eigenvalue weighted by Crippen LogP contribution is -2.53. The van der Waals surface area contributed by atoms with E-state index in [1.165, 1.54) is 43.6 Å². The van der Waals surface area contributed by atoms with Crippen molar-refractivity contribution in [3.8, 4) is 0 Å². The molecule has 4 nitrogen and oxygen atoms in total. The van der Waals surface area contributed by atoms with E-state index in [4.69, 9.17) is 5.73 Å². The quantitative estimate of drug-likeness (QED) is 0.893. The van der Waals surface area contributed by atoms with Gasteiger partial charge < -0.3 is 15.5 Å². The predicted molar refractivity (Wildman–Crippen MR) is 82.8 cm³/mol. The normalized spacial score (nSPS) is 27.4. The molecule has 0 spiro atoms. The molecule has 4 heteroatoms. The van der Waals surface area contributed by atoms with Crippen LogP contribution in [0.15, 0.2) is 12.3 Å². The van der Waals surface area contributed by atoms with Crippen molar-refractivity contribution in [2.24, 2.45) is 11.7 Å². The van der Waals surface area contributed by atoms with Gasteiger partial charge in [-0.1, -0.05) is 0 Å². The van der Waals surface area contributed by atoms with Crippen LogP contribution in [0.4, 0.5) is 5.69 Å². The topological polar surface area (TPSA) is 45.4 Å². The lowest BCUT2D eigenvalue weighted by atomic mass is 9.84. The zero-order valence-electron chi connectivity index (χ0n) is 12.7. The number of nitrogens with two attached hydrogens (primary N) is 1. The van der Waals surface area contributed by atoms with E-state index in [0.717, 1.165) is 24.2 Å². The fourth-order valence-electron chi connectivity index (χ4n) is 3.90. The molecule has 2 atom stereocenters. The molecule has 20 heavy (non-hydrogen) atoms. The van der Waals surface area contributed by atoms with Gasteiger partial charge in [0, 0.05) is 48.8 Å². The summed E-state index contributed by atoms with van der Waals surface area (Å²) in [5.41, 5.74) is 9.46. The van der Waals surface area contributed by atoms with Crippen molar-refractivity contribution in [2.45, 2.75) is 38.8 Å². The van der Waals surface area contributed by atoms with Gasteiger partial charge in [0.1, 0.15) is 0 Å². The van der Waals surface area contributed by atoms with Gasteiger partial charge in [-0.25, -0.2) is 0 Å². The predicted octanol–water partition coefficient (Wildman–Crippen LogP) is 1.77. The molecule has 0 bridgehead atoms. The summed E-state index contributed by atoms with van der Waals surface area (Å²) in [5.74, 6) is 0.807. The average Bonchev–Trinajstić information content (AvgIpc) is 2.47. The highest BCUT2D eigenvalue weighted by Crippen LogP contribution is 2.33. The first-order valence-electron chi connectivity index (χ1n) is 7.80. The Hall–Kier alpha value is -1.13. The van der Waals surface area contributed by atoms with Crippen LogP contribution < -0.4 is 10.6 Å². The second-order valence-corrected chi connectivity index (χ2v) is 6.34. The Morgan fingerprint density at radius 3 is 3.00 bits per heavy atom. The van der Waals surface area contributed by atoms with Crippen LogP contribution in [0.2, 0.25) is 0 Å². The van der Waals surface area contributed by atoms with Gasteiger partial charge in [0.05, 0.1) is 0 Å². The van der Waals surface area contributed by atoms with E-state index < -0.39 is 0 Å². The lowest BCUT2D eigenvalue weighted by molar-refractivity contribution is 0.102. The second-order valence-electron chi connectivity index (χ2n) is 6.34. The molecular formula is C16H26N4. The number of hydrogen-bond donors (Lipinski definition) is 1. The molecule has 1 aromatic rings. The standard InChI is InChI=1S/C16H26N4/c1-12-8-16(14(9-17)10-18-12)20-7-5-15-13(11-20)4-3-6-19(15)2/h8,10,13,15H,3-7,9,11,17H2,1-2H3. The number of piperidine rings is 2. The van der Waals surface area contributed by atoms with Crippen molar-refractivity contribution >= 4 is 5.69 Å². The van der Waals surface area contributed by atoms with Crippen molar-refractivity contribution in [1.82, 2.24) is 9.88 Å². The highest BCUT2D eigenvalue weighted by molar-refractivity contribution is 5.54. The Kier molecular flexibility index (Phi) is 3.94. The van der Waals surface area contributed by atoms with Crippen LogP contribution >= 0.6 is 0 Å². The summed E-state index contributed by atoms with van der Waals surface area (Å²) in [7, 11) is 2.29. The average molecular weight is 274 g/mol. The highest BCUT2D eigenvalue weighted by atomic mass is 15.2. The third-order valence-corrected chi connectivity index (χ3v) is 5.00. The summed E-state index contributed by atoms with van der Waals surface area (Å²) >= 11 is 0. The maximum absolute atomic E-state index is 5.89. The van der Waals surface area contributed by atoms with Gasteiger partial charge in [0.25, 0.3) is 0 Å². The van der Waals surface area contributed by atoms with Crippen molar-refractivity contribution < 1.29 is 0 Å². The number of pyridine rings is 1. The van der Waals surface area contributed by atoms with Crippen molar-refractivity contribution in [2.75, 3.05) is 31.6 Å². The number of likely N-dealkylation sites (tertiary alicyclic amines) is 1. The summed E-state index contributed by atoms with van der Waals surface area (Å²) < 4.78 is 0. The molecule has 2 unspecified atom stereocenters. The molecule has 2 N–H and O–H groups in total. The van der Waals surface area contributed by atoms with Crippen LogP contribution in [0, 0.1) is 12.8 Å². The minimum Gasteiger partial charge on any atom is -0.371 e. The smallest absolute Gasteiger partial charge is 0.0445 e. The Morgan fingerprint density at radius 2 is 2.20 bits per heavy atom. The van der Waals surface area contributed by atoms with E-state index in [9.17, 15) is 0 Å². The molecule has 110 valence electrons. The summed E-state index contributed by atoms with van der Waals surface area (Å²) in [6.45, 7) is 6.22. The van der Waals surface area contributed by atoms with Gasteiger partial charge in [-0.05, 0) is 51.8 Å². The maximum atomic E-state index is 5.89. The van der Waals surface area contributed by atoms with E-state index >= 15 is 0 Å². The van der Waals surface area contributed by atoms with Crippen molar-refractivity contribution in [3.63, 3.8) is 0 Å². The van der Waals surface area contributed by atoms with Crippen LogP contribution in [-0.2, 0) is 6.54 Å². The first kappa shape index (κ1) is 13.8. The molecule has 2 aliphatic rings. The molecule has 3 rings (SSSR count). The van der Waals surface area contributed by atoms with Gasteiger partial charge in [0.15, 0.2) is 0 Å². The minimum atomic E-state index is 0.576. The molecule has 2 saturated heterocycles. The van der Waals surface area contributed by atoms with E-state index in [-0.39, 0.29) is 0 Å². The number of nitrogens with zero attached hydrogens (tertiary/aromatic N) is 3. The van der Waals surface area contributed by atoms with Crippen LogP contribution in [0.25, 0.3) is 0 Å². The fourth-order valence-corrected chi connectivity index (χ4v) is 3.90. The summed E-state index contributed by atoms with van der Waals surface area (Å²) in [6.07, 6.45) is 5.93. The highest BCUT2D eigenvalue weighted by Gasteiger charge is 2.34. The lowest BCUT2D eigenvalue weighted by Gasteiger charge is -2.47. The van der Waals surface area contributed by atoms with Crippen molar-refractivity contribution in [3.05, 3.63) is 23.5 Å². The van der Waals surface area contributed by atoms with E-state index in [2.05, 4.69) is 34.8 Å². The molecule has 1 aromatic heterocycles. The second kappa shape index (κ2) is 5.70. The number of rotatable bonds is 2. The fraction of sp³-hybridized carbons (Fsp3) is 0.688. The van der Waals surface area contributed by atoms with E-state index in [1.54, 1.807) is 0 Å². The zero-order valence-corrected chi connectivity index (χ0v) is 12.7. The van der Waals surface area contributed by atoms with E-state index in [1.807, 2.05) is 6.20 Å². The first-order valence-corrected chi connectivity index (χ1v) is 7.80. The molecule has 2 aliphatic heterocycles. The minimum absolute atomic E-state index is 0.576. The Labute approximate surface area is 122 Å². The number of aromatic nitrogens is 1. The maximum Gasteiger partial charge on any atom is 0.0445 e. The molecular weight excluding hydrogens is 248 g/mol. The first-order chi connectivity index (χ1) is 9.69. The largest absolute Gasteiger partial charge is 0.371 e. The molecule has 0 amide bonds. The van der Waals surface area contributed by atoms with Crippen LogP contribution in [0.1, 0.15) is 30.5 Å². The van der Waals surface area contributed by atoms with Crippen LogP contribution in [0.3, 0.4) is 0 Å². The molecule has 0 radical (unpaired) electrons. The number of aryl methyl sites for hydroxylation is 1. The monoisotopic (exact) mass is 274 g/mol. The molecule has 0 saturated carbocycles. The molecule has 0 aliphatic carbocycles. The van der Waals surface area contributed by atoms with Crippen molar-refractivity contribution in [1.29, 1.82) is 0 Å². The number of fused-ring (bicyclic) bond motifs is 1. The summed E-state index contributed by atoms with van der Waals surface area (Å²) in [4.78, 5) is 9.49. The van der Waals surface area contributed by atoms with E-state index in [0.29, 0.717) is 6.54 Å². The third kappa shape index (κ3) is 2.54. The number of anilines is 1. The molecule has 0 aromatic carbocycles. The Bertz CT molecular complexity index is 474. The zero-order chi connectivity index (χ0) is 14.1. The Balaban J connectivity index is 1.81. The van der Waals surface area contributed by atoms with Crippen LogP contribution in [-0.4, -0.2) is 42.6 Å². The SMILES string of the molecule is Cc1cc(N2CCC3C(CCCN3C)C2)c(CN)cn1. The van der Waals surface area contributed by atoms with Gasteiger partial charge in [-0.15, -0.1) is 0 Å². The van der Waals surface area contributed by atoms with Gasteiger partial charge in [-0.3, -0.25) is 4.98 Å². The number of hydrogen-bond acceptors (Lipinski definition) is 4. The Morgan fingerprint density at radius 1 is 1.35 bits per heavy atom. The molecule has 2 fully saturated rings. The van der Waals surface area contributed by atoms with Gasteiger partial charge in [-0.2, -0.15) is 0 Å². The summed E-state index contributed by atoms with van der Waals surface area (Å²) in [5, 5.41) is 0. The van der Waals surface area contributed by atoms with Crippen LogP contribution in [0.5, 0.6) is 0 Å². The van der Waals surface area contributed by atoms with Gasteiger partial charge >= 0.3 is 0 Å². The van der Waals surface area contributed by atoms with Gasteiger partial charge in [0.2, 0.25) is 0 Å². The molecule has 3 heterocycles. The third-order valence-electron chi connectivity index (χ3n) is 5.00.